The predicted molar refractivity (Wildman–Crippen MR) is 90.8 cm³/mol. The van der Waals surface area contributed by atoms with Crippen molar-refractivity contribution in [2.45, 2.75) is 0 Å². The van der Waals surface area contributed by atoms with E-state index in [1.807, 2.05) is 23.1 Å². The zero-order valence-electron chi connectivity index (χ0n) is 13.2. The van der Waals surface area contributed by atoms with Crippen LogP contribution < -0.4 is 9.64 Å². The van der Waals surface area contributed by atoms with Gasteiger partial charge in [0.2, 0.25) is 11.8 Å². The molecule has 0 radical (unpaired) electrons. The fraction of sp³-hybridized carbons (Fsp3) is 0.500. The molecule has 2 aliphatic rings. The van der Waals surface area contributed by atoms with Crippen molar-refractivity contribution < 1.29 is 14.3 Å². The molecule has 2 aliphatic heterocycles. The first-order valence-corrected chi connectivity index (χ1v) is 8.85. The molecule has 23 heavy (non-hydrogen) atoms. The third-order valence-electron chi connectivity index (χ3n) is 4.20. The SMILES string of the molecule is COc1cccc(N2CCN(C(=O)CN3CSCC3=O)CC2)c1. The number of ether oxygens (including phenoxy) is 1. The van der Waals surface area contributed by atoms with Gasteiger partial charge in [-0.1, -0.05) is 6.07 Å². The second kappa shape index (κ2) is 7.12. The molecule has 2 fully saturated rings. The van der Waals surface area contributed by atoms with Gasteiger partial charge in [0.1, 0.15) is 12.3 Å². The van der Waals surface area contributed by atoms with Crippen molar-refractivity contribution in [1.82, 2.24) is 9.80 Å². The first-order chi connectivity index (χ1) is 11.2. The van der Waals surface area contributed by atoms with Crippen LogP contribution in [-0.4, -0.2) is 73.1 Å². The number of rotatable bonds is 4. The summed E-state index contributed by atoms with van der Waals surface area (Å²) in [4.78, 5) is 29.7. The lowest BCUT2D eigenvalue weighted by molar-refractivity contribution is -0.138. The van der Waals surface area contributed by atoms with Crippen LogP contribution in [0.2, 0.25) is 0 Å². The monoisotopic (exact) mass is 335 g/mol. The summed E-state index contributed by atoms with van der Waals surface area (Å²) in [6, 6.07) is 7.97. The lowest BCUT2D eigenvalue weighted by atomic mass is 10.2. The van der Waals surface area contributed by atoms with Gasteiger partial charge in [0.15, 0.2) is 0 Å². The summed E-state index contributed by atoms with van der Waals surface area (Å²) in [5, 5.41) is 0. The van der Waals surface area contributed by atoms with Crippen molar-refractivity contribution in [2.24, 2.45) is 0 Å². The molecule has 0 spiro atoms. The van der Waals surface area contributed by atoms with E-state index in [1.54, 1.807) is 23.8 Å². The highest BCUT2D eigenvalue weighted by Gasteiger charge is 2.27. The van der Waals surface area contributed by atoms with E-state index in [2.05, 4.69) is 11.0 Å². The van der Waals surface area contributed by atoms with Gasteiger partial charge in [0, 0.05) is 37.9 Å². The van der Waals surface area contributed by atoms with Crippen LogP contribution in [0.1, 0.15) is 0 Å². The highest BCUT2D eigenvalue weighted by Crippen LogP contribution is 2.22. The fourth-order valence-corrected chi connectivity index (χ4v) is 3.73. The van der Waals surface area contributed by atoms with Gasteiger partial charge < -0.3 is 19.4 Å². The molecule has 2 saturated heterocycles. The molecule has 0 N–H and O–H groups in total. The van der Waals surface area contributed by atoms with E-state index < -0.39 is 0 Å². The van der Waals surface area contributed by atoms with E-state index in [1.165, 1.54) is 0 Å². The Kier molecular flexibility index (Phi) is 4.95. The van der Waals surface area contributed by atoms with Crippen LogP contribution in [0, 0.1) is 0 Å². The third-order valence-corrected chi connectivity index (χ3v) is 5.15. The van der Waals surface area contributed by atoms with Crippen molar-refractivity contribution in [3.05, 3.63) is 24.3 Å². The van der Waals surface area contributed by atoms with Gasteiger partial charge in [-0.05, 0) is 12.1 Å². The molecule has 0 bridgehead atoms. The Balaban J connectivity index is 1.53. The van der Waals surface area contributed by atoms with E-state index in [-0.39, 0.29) is 18.4 Å². The lowest BCUT2D eigenvalue weighted by Gasteiger charge is -2.36. The molecule has 1 aromatic carbocycles. The Morgan fingerprint density at radius 1 is 1.26 bits per heavy atom. The second-order valence-corrected chi connectivity index (χ2v) is 6.59. The molecule has 0 atom stereocenters. The van der Waals surface area contributed by atoms with Crippen LogP contribution in [0.4, 0.5) is 5.69 Å². The van der Waals surface area contributed by atoms with Crippen molar-refractivity contribution in [3.63, 3.8) is 0 Å². The second-order valence-electron chi connectivity index (χ2n) is 5.64. The molecule has 0 saturated carbocycles. The van der Waals surface area contributed by atoms with Gasteiger partial charge in [0.25, 0.3) is 0 Å². The number of piperazine rings is 1. The number of thioether (sulfide) groups is 1. The summed E-state index contributed by atoms with van der Waals surface area (Å²) in [7, 11) is 1.66. The summed E-state index contributed by atoms with van der Waals surface area (Å²) in [6.45, 7) is 3.17. The van der Waals surface area contributed by atoms with Crippen LogP contribution in [0.25, 0.3) is 0 Å². The summed E-state index contributed by atoms with van der Waals surface area (Å²) in [5.74, 6) is 2.08. The molecule has 0 unspecified atom stereocenters. The van der Waals surface area contributed by atoms with E-state index in [0.29, 0.717) is 24.7 Å². The van der Waals surface area contributed by atoms with Gasteiger partial charge in [-0.3, -0.25) is 9.59 Å². The molecule has 0 aromatic heterocycles. The summed E-state index contributed by atoms with van der Waals surface area (Å²) in [6.07, 6.45) is 0. The van der Waals surface area contributed by atoms with Crippen molar-refractivity contribution >= 4 is 29.3 Å². The zero-order chi connectivity index (χ0) is 16.2. The first-order valence-electron chi connectivity index (χ1n) is 7.69. The highest BCUT2D eigenvalue weighted by atomic mass is 32.2. The van der Waals surface area contributed by atoms with Gasteiger partial charge in [-0.25, -0.2) is 0 Å². The molecule has 2 amide bonds. The Morgan fingerprint density at radius 3 is 2.70 bits per heavy atom. The average molecular weight is 335 g/mol. The van der Waals surface area contributed by atoms with Crippen molar-refractivity contribution in [2.75, 3.05) is 56.4 Å². The minimum Gasteiger partial charge on any atom is -0.497 e. The summed E-state index contributed by atoms with van der Waals surface area (Å²) >= 11 is 1.57. The number of methoxy groups -OCH3 is 1. The van der Waals surface area contributed by atoms with Crippen LogP contribution in [0.15, 0.2) is 24.3 Å². The minimum atomic E-state index is 0.0474. The topological polar surface area (TPSA) is 53.1 Å². The number of carbonyl (C=O) groups excluding carboxylic acids is 2. The number of amides is 2. The van der Waals surface area contributed by atoms with Crippen LogP contribution in [0.3, 0.4) is 0 Å². The number of hydrogen-bond acceptors (Lipinski definition) is 5. The number of hydrogen-bond donors (Lipinski definition) is 0. The van der Waals surface area contributed by atoms with E-state index in [4.69, 9.17) is 4.74 Å². The Bertz CT molecular complexity index is 588. The number of anilines is 1. The maximum absolute atomic E-state index is 12.3. The molecular formula is C16H21N3O3S. The first kappa shape index (κ1) is 16.0. The van der Waals surface area contributed by atoms with Gasteiger partial charge in [0.05, 0.1) is 18.7 Å². The predicted octanol–water partition coefficient (Wildman–Crippen LogP) is 0.877. The molecular weight excluding hydrogens is 314 g/mol. The molecule has 7 heteroatoms. The van der Waals surface area contributed by atoms with Gasteiger partial charge >= 0.3 is 0 Å². The molecule has 1 aromatic rings. The zero-order valence-corrected chi connectivity index (χ0v) is 14.1. The highest BCUT2D eigenvalue weighted by molar-refractivity contribution is 8.00. The Morgan fingerprint density at radius 2 is 2.04 bits per heavy atom. The minimum absolute atomic E-state index is 0.0474. The molecule has 2 heterocycles. The Labute approximate surface area is 140 Å². The van der Waals surface area contributed by atoms with Crippen molar-refractivity contribution in [1.29, 1.82) is 0 Å². The number of benzene rings is 1. The van der Waals surface area contributed by atoms with Gasteiger partial charge in [-0.2, -0.15) is 0 Å². The van der Waals surface area contributed by atoms with E-state index in [9.17, 15) is 9.59 Å². The maximum Gasteiger partial charge on any atom is 0.242 e. The van der Waals surface area contributed by atoms with E-state index >= 15 is 0 Å². The Hall–Kier alpha value is -1.89. The number of carbonyl (C=O) groups is 2. The van der Waals surface area contributed by atoms with Crippen molar-refractivity contribution in [3.8, 4) is 5.75 Å². The molecule has 6 nitrogen and oxygen atoms in total. The van der Waals surface area contributed by atoms with Crippen LogP contribution in [0.5, 0.6) is 5.75 Å². The molecule has 3 rings (SSSR count). The molecule has 124 valence electrons. The smallest absolute Gasteiger partial charge is 0.242 e. The normalized spacial score (nSPS) is 18.5. The maximum atomic E-state index is 12.3. The van der Waals surface area contributed by atoms with Crippen LogP contribution >= 0.6 is 11.8 Å². The summed E-state index contributed by atoms with van der Waals surface area (Å²) < 4.78 is 5.26. The average Bonchev–Trinajstić information content (AvgIpc) is 3.00. The van der Waals surface area contributed by atoms with Crippen LogP contribution in [-0.2, 0) is 9.59 Å². The third kappa shape index (κ3) is 3.72. The van der Waals surface area contributed by atoms with Gasteiger partial charge in [-0.15, -0.1) is 11.8 Å². The largest absolute Gasteiger partial charge is 0.497 e. The van der Waals surface area contributed by atoms with E-state index in [0.717, 1.165) is 24.5 Å². The lowest BCUT2D eigenvalue weighted by Crippen LogP contribution is -2.51. The number of nitrogens with zero attached hydrogens (tertiary/aromatic N) is 3. The standard InChI is InChI=1S/C16H21N3O3S/c1-22-14-4-2-3-13(9-14)17-5-7-18(8-6-17)15(20)10-19-12-23-11-16(19)21/h2-4,9H,5-8,10-12H2,1H3. The summed E-state index contributed by atoms with van der Waals surface area (Å²) in [5.41, 5.74) is 1.11. The molecule has 0 aliphatic carbocycles. The fourth-order valence-electron chi connectivity index (χ4n) is 2.82. The quantitative estimate of drug-likeness (QED) is 0.817.